The molecule has 2 heterocycles. The average molecular weight is 393 g/mol. The topological polar surface area (TPSA) is 86.9 Å². The Bertz CT molecular complexity index is 882. The second kappa shape index (κ2) is 7.51. The van der Waals surface area contributed by atoms with Crippen molar-refractivity contribution in [2.24, 2.45) is 0 Å². The Balaban J connectivity index is 1.96. The molecule has 0 radical (unpaired) electrons. The molecule has 0 saturated carbocycles. The Morgan fingerprint density at radius 2 is 1.92 bits per heavy atom. The third-order valence-electron chi connectivity index (χ3n) is 4.00. The van der Waals surface area contributed by atoms with E-state index in [-0.39, 0.29) is 30.0 Å². The van der Waals surface area contributed by atoms with E-state index in [1.165, 1.54) is 0 Å². The first-order valence-electron chi connectivity index (χ1n) is 8.16. The van der Waals surface area contributed by atoms with Crippen LogP contribution in [0.5, 0.6) is 0 Å². The van der Waals surface area contributed by atoms with Gasteiger partial charge in [-0.1, -0.05) is 43.1 Å². The van der Waals surface area contributed by atoms with Crippen molar-refractivity contribution < 1.29 is 9.59 Å². The molecule has 1 saturated heterocycles. The molecule has 0 bridgehead atoms. The fraction of sp³-hybridized carbons (Fsp3) is 0.278. The van der Waals surface area contributed by atoms with E-state index in [0.717, 1.165) is 11.3 Å². The van der Waals surface area contributed by atoms with Gasteiger partial charge in [0.25, 0.3) is 5.91 Å². The summed E-state index contributed by atoms with van der Waals surface area (Å²) in [5.41, 5.74) is 2.42. The summed E-state index contributed by atoms with van der Waals surface area (Å²) in [6.45, 7) is 4.01. The number of rotatable bonds is 4. The Morgan fingerprint density at radius 3 is 2.58 bits per heavy atom. The molecular weight excluding hydrogens is 375 g/mol. The Morgan fingerprint density at radius 1 is 1.23 bits per heavy atom. The standard InChI is InChI=1S/C18H18Cl2N4O2/c1-9(2)17-13(7-14-18(26)21-8-16(25)23-14)22-15(24-17)6-10-11(19)4-3-5-12(10)20/h3-5,7,9H,6,8H2,1-2H3,(H,21,26)(H,22,24)(H,23,25). The zero-order valence-corrected chi connectivity index (χ0v) is 15.8. The number of halogens is 2. The minimum Gasteiger partial charge on any atom is -0.345 e. The minimum atomic E-state index is -0.335. The lowest BCUT2D eigenvalue weighted by atomic mass is 10.1. The van der Waals surface area contributed by atoms with Gasteiger partial charge in [0.2, 0.25) is 5.91 Å². The van der Waals surface area contributed by atoms with Crippen LogP contribution in [0.3, 0.4) is 0 Å². The first-order chi connectivity index (χ1) is 12.3. The van der Waals surface area contributed by atoms with Crippen molar-refractivity contribution in [1.29, 1.82) is 0 Å². The molecule has 0 spiro atoms. The molecule has 1 aromatic heterocycles. The molecule has 1 fully saturated rings. The summed E-state index contributed by atoms with van der Waals surface area (Å²) in [7, 11) is 0. The number of piperazine rings is 1. The Labute approximate surface area is 161 Å². The summed E-state index contributed by atoms with van der Waals surface area (Å²) in [6, 6.07) is 5.34. The van der Waals surface area contributed by atoms with Crippen LogP contribution in [0, 0.1) is 0 Å². The molecule has 3 N–H and O–H groups in total. The number of H-pyrrole nitrogens is 1. The molecule has 6 nitrogen and oxygen atoms in total. The minimum absolute atomic E-state index is 0.0238. The smallest absolute Gasteiger partial charge is 0.268 e. The van der Waals surface area contributed by atoms with Crippen LogP contribution in [0.4, 0.5) is 0 Å². The van der Waals surface area contributed by atoms with Gasteiger partial charge in [0, 0.05) is 22.2 Å². The molecule has 0 aliphatic carbocycles. The number of nitrogens with one attached hydrogen (secondary N) is 3. The van der Waals surface area contributed by atoms with Crippen molar-refractivity contribution in [3.8, 4) is 0 Å². The highest BCUT2D eigenvalue weighted by Gasteiger charge is 2.21. The van der Waals surface area contributed by atoms with Crippen molar-refractivity contribution >= 4 is 41.1 Å². The molecular formula is C18H18Cl2N4O2. The maximum atomic E-state index is 11.9. The van der Waals surface area contributed by atoms with Crippen molar-refractivity contribution in [2.45, 2.75) is 26.2 Å². The third-order valence-corrected chi connectivity index (χ3v) is 4.71. The predicted octanol–water partition coefficient (Wildman–Crippen LogP) is 3.02. The highest BCUT2D eigenvalue weighted by molar-refractivity contribution is 6.36. The number of aromatic nitrogens is 2. The van der Waals surface area contributed by atoms with E-state index >= 15 is 0 Å². The second-order valence-corrected chi connectivity index (χ2v) is 7.12. The van der Waals surface area contributed by atoms with Crippen LogP contribution in [0.1, 0.15) is 42.5 Å². The lowest BCUT2D eigenvalue weighted by molar-refractivity contribution is -0.127. The molecule has 2 aromatic rings. The molecule has 1 aliphatic heterocycles. The number of imidazole rings is 1. The highest BCUT2D eigenvalue weighted by Crippen LogP contribution is 2.27. The lowest BCUT2D eigenvalue weighted by Gasteiger charge is -2.15. The SMILES string of the molecule is CC(C)c1[nH]c(Cc2c(Cl)cccc2Cl)nc1C=C1NC(=O)CNC1=O. The average Bonchev–Trinajstić information content (AvgIpc) is 2.97. The third kappa shape index (κ3) is 3.92. The van der Waals surface area contributed by atoms with Gasteiger partial charge < -0.3 is 15.6 Å². The zero-order chi connectivity index (χ0) is 18.8. The maximum Gasteiger partial charge on any atom is 0.268 e. The van der Waals surface area contributed by atoms with Crippen LogP contribution in [0.25, 0.3) is 6.08 Å². The van der Waals surface area contributed by atoms with Crippen molar-refractivity contribution in [2.75, 3.05) is 6.54 Å². The van der Waals surface area contributed by atoms with Gasteiger partial charge in [-0.25, -0.2) is 4.98 Å². The maximum absolute atomic E-state index is 11.9. The fourth-order valence-electron chi connectivity index (χ4n) is 2.70. The molecule has 26 heavy (non-hydrogen) atoms. The second-order valence-electron chi connectivity index (χ2n) is 6.30. The molecule has 3 rings (SSSR count). The summed E-state index contributed by atoms with van der Waals surface area (Å²) < 4.78 is 0. The summed E-state index contributed by atoms with van der Waals surface area (Å²) >= 11 is 12.5. The monoisotopic (exact) mass is 392 g/mol. The number of benzene rings is 1. The van der Waals surface area contributed by atoms with Crippen LogP contribution >= 0.6 is 23.2 Å². The molecule has 0 atom stereocenters. The van der Waals surface area contributed by atoms with Gasteiger partial charge in [-0.2, -0.15) is 0 Å². The van der Waals surface area contributed by atoms with Crippen molar-refractivity contribution in [3.05, 3.63) is 56.7 Å². The molecule has 1 aromatic carbocycles. The van der Waals surface area contributed by atoms with Gasteiger partial charge in [-0.3, -0.25) is 9.59 Å². The van der Waals surface area contributed by atoms with Gasteiger partial charge in [0.15, 0.2) is 0 Å². The van der Waals surface area contributed by atoms with Gasteiger partial charge in [0.1, 0.15) is 11.5 Å². The van der Waals surface area contributed by atoms with Gasteiger partial charge >= 0.3 is 0 Å². The van der Waals surface area contributed by atoms with E-state index in [2.05, 4.69) is 20.6 Å². The summed E-state index contributed by atoms with van der Waals surface area (Å²) in [4.78, 5) is 31.3. The van der Waals surface area contributed by atoms with Crippen LogP contribution in [0.2, 0.25) is 10.0 Å². The molecule has 2 amide bonds. The molecule has 1 aliphatic rings. The first-order valence-corrected chi connectivity index (χ1v) is 8.92. The normalized spacial score (nSPS) is 16.1. The number of carbonyl (C=O) groups excluding carboxylic acids is 2. The van der Waals surface area contributed by atoms with Crippen molar-refractivity contribution in [1.82, 2.24) is 20.6 Å². The van der Waals surface area contributed by atoms with Gasteiger partial charge in [-0.15, -0.1) is 0 Å². The van der Waals surface area contributed by atoms with Gasteiger partial charge in [0.05, 0.1) is 12.2 Å². The quantitative estimate of drug-likeness (QED) is 0.698. The predicted molar refractivity (Wildman–Crippen MR) is 101 cm³/mol. The van der Waals surface area contributed by atoms with E-state index in [1.807, 2.05) is 13.8 Å². The van der Waals surface area contributed by atoms with E-state index in [9.17, 15) is 9.59 Å². The number of aromatic amines is 1. The zero-order valence-electron chi connectivity index (χ0n) is 14.3. The fourth-order valence-corrected chi connectivity index (χ4v) is 3.23. The summed E-state index contributed by atoms with van der Waals surface area (Å²) in [5, 5.41) is 6.23. The molecule has 0 unspecified atom stereocenters. The van der Waals surface area contributed by atoms with Gasteiger partial charge in [-0.05, 0) is 29.7 Å². The Hall–Kier alpha value is -2.31. The number of nitrogens with zero attached hydrogens (tertiary/aromatic N) is 1. The van der Waals surface area contributed by atoms with E-state index in [4.69, 9.17) is 23.2 Å². The molecule has 136 valence electrons. The van der Waals surface area contributed by atoms with Crippen molar-refractivity contribution in [3.63, 3.8) is 0 Å². The Kier molecular flexibility index (Phi) is 5.34. The number of carbonyl (C=O) groups is 2. The number of amides is 2. The number of hydrogen-bond acceptors (Lipinski definition) is 3. The van der Waals surface area contributed by atoms with Crippen LogP contribution < -0.4 is 10.6 Å². The van der Waals surface area contributed by atoms with E-state index in [1.54, 1.807) is 24.3 Å². The van der Waals surface area contributed by atoms with Crippen LogP contribution in [-0.2, 0) is 16.0 Å². The summed E-state index contributed by atoms with van der Waals surface area (Å²) in [6.07, 6.45) is 2.01. The first kappa shape index (κ1) is 18.5. The highest BCUT2D eigenvalue weighted by atomic mass is 35.5. The van der Waals surface area contributed by atoms with E-state index < -0.39 is 0 Å². The molecule has 8 heteroatoms. The lowest BCUT2D eigenvalue weighted by Crippen LogP contribution is -2.46. The van der Waals surface area contributed by atoms with Crippen LogP contribution in [-0.4, -0.2) is 28.3 Å². The largest absolute Gasteiger partial charge is 0.345 e. The summed E-state index contributed by atoms with van der Waals surface area (Å²) in [5.74, 6) is 0.226. The number of hydrogen-bond donors (Lipinski definition) is 3. The van der Waals surface area contributed by atoms with E-state index in [0.29, 0.717) is 28.0 Å². The van der Waals surface area contributed by atoms with Crippen LogP contribution in [0.15, 0.2) is 23.9 Å².